The summed E-state index contributed by atoms with van der Waals surface area (Å²) in [5.74, 6) is 0.469. The highest BCUT2D eigenvalue weighted by Gasteiger charge is 2.24. The summed E-state index contributed by atoms with van der Waals surface area (Å²) in [6, 6.07) is 15.3. The Morgan fingerprint density at radius 3 is 2.05 bits per heavy atom. The van der Waals surface area contributed by atoms with Gasteiger partial charge in [0.25, 0.3) is 0 Å². The molecule has 0 N–H and O–H groups in total. The monoisotopic (exact) mass is 503 g/mol. The van der Waals surface area contributed by atoms with Crippen LogP contribution in [0.15, 0.2) is 65.3 Å². The van der Waals surface area contributed by atoms with Gasteiger partial charge in [-0.1, -0.05) is 23.8 Å². The molecular formula is C28H25NO8. The molecule has 0 amide bonds. The molecule has 0 bridgehead atoms. The lowest BCUT2D eigenvalue weighted by Gasteiger charge is -2.14. The summed E-state index contributed by atoms with van der Waals surface area (Å²) in [6.07, 6.45) is 1.57. The van der Waals surface area contributed by atoms with Crippen molar-refractivity contribution in [2.24, 2.45) is 4.99 Å². The summed E-state index contributed by atoms with van der Waals surface area (Å²) in [4.78, 5) is 29.6. The van der Waals surface area contributed by atoms with Crippen LogP contribution in [-0.2, 0) is 9.53 Å². The lowest BCUT2D eigenvalue weighted by molar-refractivity contribution is -0.129. The maximum absolute atomic E-state index is 12.9. The van der Waals surface area contributed by atoms with E-state index in [1.165, 1.54) is 40.6 Å². The molecule has 9 heteroatoms. The highest BCUT2D eigenvalue weighted by molar-refractivity contribution is 6.12. The molecule has 0 spiro atoms. The SMILES string of the molecule is COc1cc(/C=C2\N=C(c3ccc(C)cc3)OC2=O)ccc1OC(=O)c1cc(OC)c(OC)c(OC)c1. The Balaban J connectivity index is 1.58. The molecule has 1 heterocycles. The zero-order valence-corrected chi connectivity index (χ0v) is 21.0. The van der Waals surface area contributed by atoms with Crippen molar-refractivity contribution in [3.8, 4) is 28.7 Å². The van der Waals surface area contributed by atoms with Crippen molar-refractivity contribution < 1.29 is 38.0 Å². The fourth-order valence-electron chi connectivity index (χ4n) is 3.60. The number of hydrogen-bond acceptors (Lipinski definition) is 9. The van der Waals surface area contributed by atoms with Gasteiger partial charge in [0.2, 0.25) is 11.6 Å². The van der Waals surface area contributed by atoms with E-state index in [9.17, 15) is 9.59 Å². The summed E-state index contributed by atoms with van der Waals surface area (Å²) in [6.45, 7) is 1.97. The van der Waals surface area contributed by atoms with Gasteiger partial charge in [0, 0.05) is 5.56 Å². The van der Waals surface area contributed by atoms with Gasteiger partial charge in [0.15, 0.2) is 28.7 Å². The van der Waals surface area contributed by atoms with Crippen molar-refractivity contribution in [1.82, 2.24) is 0 Å². The molecule has 1 aliphatic rings. The first kappa shape index (κ1) is 25.3. The van der Waals surface area contributed by atoms with E-state index in [-0.39, 0.29) is 28.7 Å². The molecule has 0 atom stereocenters. The van der Waals surface area contributed by atoms with E-state index in [4.69, 9.17) is 28.4 Å². The van der Waals surface area contributed by atoms with Crippen LogP contribution in [0.5, 0.6) is 28.7 Å². The molecule has 1 aliphatic heterocycles. The lowest BCUT2D eigenvalue weighted by Crippen LogP contribution is -2.10. The van der Waals surface area contributed by atoms with E-state index in [2.05, 4.69) is 4.99 Å². The normalized spacial score (nSPS) is 13.6. The van der Waals surface area contributed by atoms with Crippen LogP contribution in [0.4, 0.5) is 0 Å². The summed E-state index contributed by atoms with van der Waals surface area (Å²) in [5.41, 5.74) is 2.72. The van der Waals surface area contributed by atoms with Crippen LogP contribution in [0.3, 0.4) is 0 Å². The number of nitrogens with zero attached hydrogens (tertiary/aromatic N) is 1. The summed E-state index contributed by atoms with van der Waals surface area (Å²) in [7, 11) is 5.83. The zero-order chi connectivity index (χ0) is 26.5. The first-order valence-corrected chi connectivity index (χ1v) is 11.2. The first-order chi connectivity index (χ1) is 17.9. The Morgan fingerprint density at radius 1 is 0.811 bits per heavy atom. The molecule has 0 radical (unpaired) electrons. The molecule has 0 aromatic heterocycles. The van der Waals surface area contributed by atoms with Crippen LogP contribution >= 0.6 is 0 Å². The predicted molar refractivity (Wildman–Crippen MR) is 136 cm³/mol. The third-order valence-corrected chi connectivity index (χ3v) is 5.51. The minimum Gasteiger partial charge on any atom is -0.493 e. The molecule has 190 valence electrons. The number of ether oxygens (including phenoxy) is 6. The first-order valence-electron chi connectivity index (χ1n) is 11.2. The van der Waals surface area contributed by atoms with Gasteiger partial charge in [-0.3, -0.25) is 0 Å². The Hall–Kier alpha value is -4.79. The van der Waals surface area contributed by atoms with E-state index in [1.807, 2.05) is 31.2 Å². The number of methoxy groups -OCH3 is 4. The zero-order valence-electron chi connectivity index (χ0n) is 21.0. The molecule has 9 nitrogen and oxygen atoms in total. The molecular weight excluding hydrogens is 478 g/mol. The Labute approximate surface area is 213 Å². The van der Waals surface area contributed by atoms with Crippen LogP contribution in [0, 0.1) is 6.92 Å². The van der Waals surface area contributed by atoms with E-state index < -0.39 is 11.9 Å². The van der Waals surface area contributed by atoms with E-state index in [0.717, 1.165) is 5.56 Å². The fourth-order valence-corrected chi connectivity index (χ4v) is 3.60. The van der Waals surface area contributed by atoms with E-state index in [1.54, 1.807) is 24.3 Å². The maximum Gasteiger partial charge on any atom is 0.363 e. The minimum atomic E-state index is -0.657. The molecule has 3 aromatic carbocycles. The Bertz CT molecular complexity index is 1380. The number of aliphatic imine (C=N–C) groups is 1. The second-order valence-corrected chi connectivity index (χ2v) is 7.92. The van der Waals surface area contributed by atoms with Crippen LogP contribution in [0.25, 0.3) is 6.08 Å². The highest BCUT2D eigenvalue weighted by Crippen LogP contribution is 2.39. The number of carbonyl (C=O) groups excluding carboxylic acids is 2. The molecule has 0 aliphatic carbocycles. The molecule has 37 heavy (non-hydrogen) atoms. The Morgan fingerprint density at radius 2 is 1.46 bits per heavy atom. The fraction of sp³-hybridized carbons (Fsp3) is 0.179. The summed E-state index contributed by atoms with van der Waals surface area (Å²) < 4.78 is 32.2. The van der Waals surface area contributed by atoms with Crippen molar-refractivity contribution in [3.05, 3.63) is 82.5 Å². The average Bonchev–Trinajstić information content (AvgIpc) is 3.28. The van der Waals surface area contributed by atoms with Gasteiger partial charge in [-0.2, -0.15) is 0 Å². The number of esters is 2. The van der Waals surface area contributed by atoms with Gasteiger partial charge < -0.3 is 28.4 Å². The van der Waals surface area contributed by atoms with E-state index >= 15 is 0 Å². The van der Waals surface area contributed by atoms with Gasteiger partial charge in [-0.05, 0) is 55.0 Å². The summed E-state index contributed by atoms with van der Waals surface area (Å²) in [5, 5.41) is 0. The number of cyclic esters (lactones) is 1. The third-order valence-electron chi connectivity index (χ3n) is 5.51. The number of rotatable bonds is 8. The van der Waals surface area contributed by atoms with Gasteiger partial charge in [-0.15, -0.1) is 0 Å². The van der Waals surface area contributed by atoms with Crippen molar-refractivity contribution >= 4 is 23.9 Å². The molecule has 0 unspecified atom stereocenters. The smallest absolute Gasteiger partial charge is 0.363 e. The van der Waals surface area contributed by atoms with Gasteiger partial charge in [0.1, 0.15) is 0 Å². The lowest BCUT2D eigenvalue weighted by atomic mass is 10.1. The second-order valence-electron chi connectivity index (χ2n) is 7.92. The topological polar surface area (TPSA) is 102 Å². The predicted octanol–water partition coefficient (Wildman–Crippen LogP) is 4.59. The number of aryl methyl sites for hydroxylation is 1. The van der Waals surface area contributed by atoms with Crippen LogP contribution in [0.1, 0.15) is 27.0 Å². The van der Waals surface area contributed by atoms with Gasteiger partial charge >= 0.3 is 11.9 Å². The van der Waals surface area contributed by atoms with Crippen molar-refractivity contribution in [3.63, 3.8) is 0 Å². The minimum absolute atomic E-state index is 0.139. The van der Waals surface area contributed by atoms with Crippen LogP contribution in [0.2, 0.25) is 0 Å². The molecule has 4 rings (SSSR count). The molecule has 0 saturated carbocycles. The number of carbonyl (C=O) groups is 2. The third kappa shape index (κ3) is 5.40. The largest absolute Gasteiger partial charge is 0.493 e. The van der Waals surface area contributed by atoms with Gasteiger partial charge in [0.05, 0.1) is 34.0 Å². The number of benzene rings is 3. The quantitative estimate of drug-likeness (QED) is 0.250. The van der Waals surface area contributed by atoms with Crippen molar-refractivity contribution in [2.75, 3.05) is 28.4 Å². The second kappa shape index (κ2) is 10.9. The van der Waals surface area contributed by atoms with Crippen LogP contribution < -0.4 is 23.7 Å². The molecule has 0 fully saturated rings. The standard InChI is InChI=1S/C28H25NO8/c1-16-6-9-18(10-7-16)26-29-20(28(31)37-26)12-17-8-11-21(22(13-17)32-2)36-27(30)19-14-23(33-3)25(35-5)24(15-19)34-4/h6-15H,1-5H3/b20-12-. The van der Waals surface area contributed by atoms with Gasteiger partial charge in [-0.25, -0.2) is 14.6 Å². The molecule has 0 saturated heterocycles. The average molecular weight is 504 g/mol. The van der Waals surface area contributed by atoms with Crippen molar-refractivity contribution in [2.45, 2.75) is 6.92 Å². The van der Waals surface area contributed by atoms with E-state index in [0.29, 0.717) is 28.4 Å². The molecule has 3 aromatic rings. The Kier molecular flexibility index (Phi) is 7.43. The number of hydrogen-bond donors (Lipinski definition) is 0. The highest BCUT2D eigenvalue weighted by atomic mass is 16.6. The van der Waals surface area contributed by atoms with Crippen molar-refractivity contribution in [1.29, 1.82) is 0 Å². The maximum atomic E-state index is 12.9. The van der Waals surface area contributed by atoms with Crippen LogP contribution in [-0.4, -0.2) is 46.3 Å². The summed E-state index contributed by atoms with van der Waals surface area (Å²) >= 11 is 0.